The molecule has 90 valence electrons. The van der Waals surface area contributed by atoms with Crippen molar-refractivity contribution in [3.05, 3.63) is 28.7 Å². The van der Waals surface area contributed by atoms with Crippen molar-refractivity contribution in [2.75, 3.05) is 6.61 Å². The molecule has 2 nitrogen and oxygen atoms in total. The molecule has 16 heavy (non-hydrogen) atoms. The molecule has 0 spiro atoms. The van der Waals surface area contributed by atoms with Crippen molar-refractivity contribution in [1.82, 2.24) is 0 Å². The van der Waals surface area contributed by atoms with E-state index in [0.29, 0.717) is 6.61 Å². The van der Waals surface area contributed by atoms with Gasteiger partial charge in [0, 0.05) is 10.5 Å². The standard InChI is InChI=1S/C13H20BrNO/c1-13(2,3)8-11(15)9-16-12-6-4-10(14)5-7-12/h4-7,11H,8-9,15H2,1-3H3. The average Bonchev–Trinajstić information content (AvgIpc) is 2.14. The largest absolute Gasteiger partial charge is 0.492 e. The zero-order valence-electron chi connectivity index (χ0n) is 10.2. The summed E-state index contributed by atoms with van der Waals surface area (Å²) in [6, 6.07) is 7.89. The second kappa shape index (κ2) is 5.69. The number of benzene rings is 1. The molecule has 1 unspecified atom stereocenters. The molecule has 1 aromatic carbocycles. The SMILES string of the molecule is CC(C)(C)CC(N)COc1ccc(Br)cc1. The molecule has 2 N–H and O–H groups in total. The van der Waals surface area contributed by atoms with Crippen LogP contribution in [-0.2, 0) is 0 Å². The minimum Gasteiger partial charge on any atom is -0.492 e. The molecule has 0 saturated heterocycles. The summed E-state index contributed by atoms with van der Waals surface area (Å²) in [4.78, 5) is 0. The predicted molar refractivity (Wildman–Crippen MR) is 71.7 cm³/mol. The fourth-order valence-electron chi connectivity index (χ4n) is 1.58. The van der Waals surface area contributed by atoms with Crippen LogP contribution < -0.4 is 10.5 Å². The van der Waals surface area contributed by atoms with E-state index in [1.54, 1.807) is 0 Å². The van der Waals surface area contributed by atoms with Crippen LogP contribution in [-0.4, -0.2) is 12.6 Å². The van der Waals surface area contributed by atoms with E-state index >= 15 is 0 Å². The Bertz CT molecular complexity index is 316. The summed E-state index contributed by atoms with van der Waals surface area (Å²) < 4.78 is 6.68. The second-order valence-corrected chi connectivity index (χ2v) is 6.21. The Hall–Kier alpha value is -0.540. The van der Waals surface area contributed by atoms with Gasteiger partial charge >= 0.3 is 0 Å². The van der Waals surface area contributed by atoms with E-state index in [-0.39, 0.29) is 11.5 Å². The van der Waals surface area contributed by atoms with Crippen molar-refractivity contribution in [2.24, 2.45) is 11.1 Å². The normalized spacial score (nSPS) is 13.6. The molecule has 0 fully saturated rings. The lowest BCUT2D eigenvalue weighted by molar-refractivity contribution is 0.241. The van der Waals surface area contributed by atoms with Crippen molar-refractivity contribution in [3.8, 4) is 5.75 Å². The highest BCUT2D eigenvalue weighted by molar-refractivity contribution is 9.10. The molecule has 3 heteroatoms. The van der Waals surface area contributed by atoms with Crippen LogP contribution in [0.2, 0.25) is 0 Å². The summed E-state index contributed by atoms with van der Waals surface area (Å²) in [7, 11) is 0. The van der Waals surface area contributed by atoms with Gasteiger partial charge in [0.1, 0.15) is 12.4 Å². The summed E-state index contributed by atoms with van der Waals surface area (Å²) in [5.41, 5.74) is 6.26. The first-order valence-corrected chi connectivity index (χ1v) is 6.30. The van der Waals surface area contributed by atoms with Crippen LogP contribution in [0.15, 0.2) is 28.7 Å². The Kier molecular flexibility index (Phi) is 4.81. The van der Waals surface area contributed by atoms with Crippen LogP contribution in [0.5, 0.6) is 5.75 Å². The summed E-state index contributed by atoms with van der Waals surface area (Å²) in [5, 5.41) is 0. The van der Waals surface area contributed by atoms with Crippen LogP contribution in [0.3, 0.4) is 0 Å². The first kappa shape index (κ1) is 13.5. The van der Waals surface area contributed by atoms with Crippen LogP contribution in [0.25, 0.3) is 0 Å². The topological polar surface area (TPSA) is 35.2 Å². The lowest BCUT2D eigenvalue weighted by Crippen LogP contribution is -2.32. The van der Waals surface area contributed by atoms with Gasteiger partial charge in [0.15, 0.2) is 0 Å². The number of halogens is 1. The number of hydrogen-bond donors (Lipinski definition) is 1. The maximum atomic E-state index is 6.00. The molecule has 0 aliphatic carbocycles. The van der Waals surface area contributed by atoms with E-state index in [1.807, 2.05) is 24.3 Å². The number of ether oxygens (including phenoxy) is 1. The van der Waals surface area contributed by atoms with Gasteiger partial charge in [0.25, 0.3) is 0 Å². The highest BCUT2D eigenvalue weighted by Crippen LogP contribution is 2.21. The lowest BCUT2D eigenvalue weighted by atomic mass is 9.89. The smallest absolute Gasteiger partial charge is 0.119 e. The van der Waals surface area contributed by atoms with Gasteiger partial charge in [0.2, 0.25) is 0 Å². The van der Waals surface area contributed by atoms with Crippen molar-refractivity contribution < 1.29 is 4.74 Å². The molecule has 1 aromatic rings. The number of rotatable bonds is 4. The third kappa shape index (κ3) is 5.52. The third-order valence-corrected chi connectivity index (χ3v) is 2.68. The van der Waals surface area contributed by atoms with Gasteiger partial charge in [-0.2, -0.15) is 0 Å². The Morgan fingerprint density at radius 1 is 1.25 bits per heavy atom. The van der Waals surface area contributed by atoms with Gasteiger partial charge in [-0.25, -0.2) is 0 Å². The molecule has 0 heterocycles. The van der Waals surface area contributed by atoms with Crippen molar-refractivity contribution >= 4 is 15.9 Å². The van der Waals surface area contributed by atoms with Crippen LogP contribution >= 0.6 is 15.9 Å². The summed E-state index contributed by atoms with van der Waals surface area (Å²) >= 11 is 3.38. The Labute approximate surface area is 106 Å². The quantitative estimate of drug-likeness (QED) is 0.918. The van der Waals surface area contributed by atoms with Gasteiger partial charge in [-0.05, 0) is 36.1 Å². The van der Waals surface area contributed by atoms with E-state index in [2.05, 4.69) is 36.7 Å². The highest BCUT2D eigenvalue weighted by Gasteiger charge is 2.15. The fourth-order valence-corrected chi connectivity index (χ4v) is 1.84. The van der Waals surface area contributed by atoms with E-state index in [0.717, 1.165) is 16.6 Å². The van der Waals surface area contributed by atoms with Gasteiger partial charge in [-0.3, -0.25) is 0 Å². The minimum atomic E-state index is 0.0867. The van der Waals surface area contributed by atoms with E-state index in [4.69, 9.17) is 10.5 Å². The summed E-state index contributed by atoms with van der Waals surface area (Å²) in [6.07, 6.45) is 0.962. The van der Waals surface area contributed by atoms with Crippen LogP contribution in [0.4, 0.5) is 0 Å². The maximum Gasteiger partial charge on any atom is 0.119 e. The molecule has 0 saturated carbocycles. The molecular formula is C13H20BrNO. The van der Waals surface area contributed by atoms with Crippen molar-refractivity contribution in [3.63, 3.8) is 0 Å². The molecule has 0 radical (unpaired) electrons. The van der Waals surface area contributed by atoms with E-state index < -0.39 is 0 Å². The van der Waals surface area contributed by atoms with E-state index in [9.17, 15) is 0 Å². The van der Waals surface area contributed by atoms with Crippen LogP contribution in [0, 0.1) is 5.41 Å². The number of hydrogen-bond acceptors (Lipinski definition) is 2. The fraction of sp³-hybridized carbons (Fsp3) is 0.538. The average molecular weight is 286 g/mol. The van der Waals surface area contributed by atoms with E-state index in [1.165, 1.54) is 0 Å². The minimum absolute atomic E-state index is 0.0867. The molecular weight excluding hydrogens is 266 g/mol. The van der Waals surface area contributed by atoms with Crippen molar-refractivity contribution in [2.45, 2.75) is 33.2 Å². The third-order valence-electron chi connectivity index (χ3n) is 2.15. The lowest BCUT2D eigenvalue weighted by Gasteiger charge is -2.23. The van der Waals surface area contributed by atoms with Crippen LogP contribution in [0.1, 0.15) is 27.2 Å². The zero-order chi connectivity index (χ0) is 12.2. The molecule has 1 atom stereocenters. The number of nitrogens with two attached hydrogens (primary N) is 1. The first-order chi connectivity index (χ1) is 7.37. The Morgan fingerprint density at radius 2 is 1.81 bits per heavy atom. The Balaban J connectivity index is 2.37. The molecule has 0 aromatic heterocycles. The van der Waals surface area contributed by atoms with Crippen molar-refractivity contribution in [1.29, 1.82) is 0 Å². The highest BCUT2D eigenvalue weighted by atomic mass is 79.9. The molecule has 0 aliphatic rings. The maximum absolute atomic E-state index is 6.00. The Morgan fingerprint density at radius 3 is 2.31 bits per heavy atom. The van der Waals surface area contributed by atoms with Gasteiger partial charge in [-0.15, -0.1) is 0 Å². The molecule has 0 amide bonds. The second-order valence-electron chi connectivity index (χ2n) is 5.29. The monoisotopic (exact) mass is 285 g/mol. The predicted octanol–water partition coefficient (Wildman–Crippen LogP) is 3.59. The molecule has 1 rings (SSSR count). The van der Waals surface area contributed by atoms with Gasteiger partial charge in [-0.1, -0.05) is 36.7 Å². The zero-order valence-corrected chi connectivity index (χ0v) is 11.8. The summed E-state index contributed by atoms with van der Waals surface area (Å²) in [6.45, 7) is 7.13. The van der Waals surface area contributed by atoms with Gasteiger partial charge in [0.05, 0.1) is 0 Å². The summed E-state index contributed by atoms with van der Waals surface area (Å²) in [5.74, 6) is 0.868. The van der Waals surface area contributed by atoms with Gasteiger partial charge < -0.3 is 10.5 Å². The molecule has 0 aliphatic heterocycles. The first-order valence-electron chi connectivity index (χ1n) is 5.51. The molecule has 0 bridgehead atoms.